The van der Waals surface area contributed by atoms with Crippen LogP contribution in [0.4, 0.5) is 13.2 Å². The topological polar surface area (TPSA) is 57.6 Å². The number of rotatable bonds is 4. The molecule has 7 heteroatoms. The van der Waals surface area contributed by atoms with Gasteiger partial charge in [0, 0.05) is 12.1 Å². The molecule has 0 fully saturated rings. The van der Waals surface area contributed by atoms with E-state index in [0.717, 1.165) is 0 Å². The first-order valence-corrected chi connectivity index (χ1v) is 5.44. The Labute approximate surface area is 107 Å². The van der Waals surface area contributed by atoms with Gasteiger partial charge in [0.25, 0.3) is 5.91 Å². The summed E-state index contributed by atoms with van der Waals surface area (Å²) in [5.41, 5.74) is -0.00785. The van der Waals surface area contributed by atoms with E-state index < -0.39 is 24.6 Å². The highest BCUT2D eigenvalue weighted by Gasteiger charge is 2.32. The summed E-state index contributed by atoms with van der Waals surface area (Å²) < 4.78 is 36.8. The molecule has 0 aliphatic heterocycles. The van der Waals surface area contributed by atoms with Crippen molar-refractivity contribution in [1.82, 2.24) is 4.90 Å². The summed E-state index contributed by atoms with van der Waals surface area (Å²) in [6.07, 6.45) is -4.47. The van der Waals surface area contributed by atoms with Crippen molar-refractivity contribution in [3.05, 3.63) is 35.4 Å². The minimum absolute atomic E-state index is 0.0242. The van der Waals surface area contributed by atoms with Crippen LogP contribution in [0.25, 0.3) is 0 Å². The largest absolute Gasteiger partial charge is 0.478 e. The van der Waals surface area contributed by atoms with Gasteiger partial charge in [-0.1, -0.05) is 0 Å². The molecule has 0 saturated carbocycles. The number of hydrogen-bond acceptors (Lipinski definition) is 2. The van der Waals surface area contributed by atoms with Gasteiger partial charge < -0.3 is 10.0 Å². The minimum Gasteiger partial charge on any atom is -0.478 e. The van der Waals surface area contributed by atoms with Crippen molar-refractivity contribution in [2.75, 3.05) is 13.1 Å². The zero-order valence-corrected chi connectivity index (χ0v) is 10.1. The van der Waals surface area contributed by atoms with Gasteiger partial charge in [0.15, 0.2) is 0 Å². The summed E-state index contributed by atoms with van der Waals surface area (Å²) in [5.74, 6) is -1.95. The van der Waals surface area contributed by atoms with Gasteiger partial charge in [-0.25, -0.2) is 4.79 Å². The maximum absolute atomic E-state index is 12.3. The molecule has 1 amide bonds. The number of carbonyl (C=O) groups is 2. The van der Waals surface area contributed by atoms with Crippen LogP contribution in [-0.4, -0.2) is 41.1 Å². The Balaban J connectivity index is 2.88. The fourth-order valence-electron chi connectivity index (χ4n) is 1.48. The molecular weight excluding hydrogens is 263 g/mol. The van der Waals surface area contributed by atoms with Crippen molar-refractivity contribution in [3.63, 3.8) is 0 Å². The normalized spacial score (nSPS) is 11.2. The molecule has 19 heavy (non-hydrogen) atoms. The first kappa shape index (κ1) is 15.0. The van der Waals surface area contributed by atoms with E-state index in [1.165, 1.54) is 31.2 Å². The Morgan fingerprint density at radius 3 is 2.00 bits per heavy atom. The van der Waals surface area contributed by atoms with Crippen LogP contribution in [-0.2, 0) is 0 Å². The van der Waals surface area contributed by atoms with Crippen LogP contribution in [0.5, 0.6) is 0 Å². The highest BCUT2D eigenvalue weighted by Crippen LogP contribution is 2.18. The molecule has 0 radical (unpaired) electrons. The molecule has 1 aromatic carbocycles. The highest BCUT2D eigenvalue weighted by molar-refractivity contribution is 5.95. The molecule has 0 bridgehead atoms. The third-order valence-corrected chi connectivity index (χ3v) is 2.42. The molecule has 0 unspecified atom stereocenters. The lowest BCUT2D eigenvalue weighted by atomic mass is 10.1. The van der Waals surface area contributed by atoms with Gasteiger partial charge >= 0.3 is 12.1 Å². The van der Waals surface area contributed by atoms with Crippen LogP contribution in [0, 0.1) is 0 Å². The van der Waals surface area contributed by atoms with E-state index in [9.17, 15) is 22.8 Å². The fourth-order valence-corrected chi connectivity index (χ4v) is 1.48. The fraction of sp³-hybridized carbons (Fsp3) is 0.333. The number of aromatic carboxylic acids is 1. The maximum atomic E-state index is 12.3. The molecule has 1 rings (SSSR count). The molecule has 0 spiro atoms. The van der Waals surface area contributed by atoms with Gasteiger partial charge in [-0.3, -0.25) is 4.79 Å². The summed E-state index contributed by atoms with van der Waals surface area (Å²) in [4.78, 5) is 23.1. The van der Waals surface area contributed by atoms with Gasteiger partial charge in [0.2, 0.25) is 0 Å². The van der Waals surface area contributed by atoms with Crippen LogP contribution < -0.4 is 0 Å². The molecule has 0 heterocycles. The Kier molecular flexibility index (Phi) is 4.52. The number of carboxylic acids is 1. The molecular formula is C12H12F3NO3. The summed E-state index contributed by atoms with van der Waals surface area (Å²) in [5, 5.41) is 8.68. The van der Waals surface area contributed by atoms with Gasteiger partial charge in [-0.2, -0.15) is 13.2 Å². The summed E-state index contributed by atoms with van der Waals surface area (Å²) in [6.45, 7) is 0.0251. The monoisotopic (exact) mass is 275 g/mol. The number of carbonyl (C=O) groups excluding carboxylic acids is 1. The predicted molar refractivity (Wildman–Crippen MR) is 61.0 cm³/mol. The number of benzene rings is 1. The number of alkyl halides is 3. The summed E-state index contributed by atoms with van der Waals surface area (Å²) in [6, 6.07) is 4.75. The van der Waals surface area contributed by atoms with E-state index in [4.69, 9.17) is 5.11 Å². The van der Waals surface area contributed by atoms with Crippen molar-refractivity contribution in [2.45, 2.75) is 13.1 Å². The summed E-state index contributed by atoms with van der Waals surface area (Å²) in [7, 11) is 0. The van der Waals surface area contributed by atoms with Gasteiger partial charge in [-0.15, -0.1) is 0 Å². The quantitative estimate of drug-likeness (QED) is 0.918. The number of nitrogens with zero attached hydrogens (tertiary/aromatic N) is 1. The van der Waals surface area contributed by atoms with Gasteiger partial charge in [0.1, 0.15) is 6.54 Å². The number of amides is 1. The maximum Gasteiger partial charge on any atom is 0.406 e. The average Bonchev–Trinajstić information content (AvgIpc) is 2.34. The highest BCUT2D eigenvalue weighted by atomic mass is 19.4. The van der Waals surface area contributed by atoms with Crippen molar-refractivity contribution in [3.8, 4) is 0 Å². The lowest BCUT2D eigenvalue weighted by Crippen LogP contribution is -2.38. The van der Waals surface area contributed by atoms with Gasteiger partial charge in [-0.05, 0) is 31.2 Å². The van der Waals surface area contributed by atoms with Crippen LogP contribution in [0.15, 0.2) is 24.3 Å². The Morgan fingerprint density at radius 1 is 1.16 bits per heavy atom. The van der Waals surface area contributed by atoms with E-state index in [0.29, 0.717) is 4.90 Å². The zero-order chi connectivity index (χ0) is 14.6. The smallest absolute Gasteiger partial charge is 0.406 e. The van der Waals surface area contributed by atoms with Crippen LogP contribution >= 0.6 is 0 Å². The lowest BCUT2D eigenvalue weighted by Gasteiger charge is -2.22. The Hall–Kier alpha value is -2.05. The molecule has 0 aliphatic carbocycles. The third kappa shape index (κ3) is 4.27. The summed E-state index contributed by atoms with van der Waals surface area (Å²) >= 11 is 0. The van der Waals surface area contributed by atoms with Crippen molar-refractivity contribution < 1.29 is 27.9 Å². The Morgan fingerprint density at radius 2 is 1.63 bits per heavy atom. The molecule has 1 aromatic rings. The molecule has 0 atom stereocenters. The number of hydrogen-bond donors (Lipinski definition) is 1. The molecule has 0 aliphatic rings. The molecule has 0 aromatic heterocycles. The lowest BCUT2D eigenvalue weighted by molar-refractivity contribution is -0.140. The molecule has 0 saturated heterocycles. The predicted octanol–water partition coefficient (Wildman–Crippen LogP) is 2.41. The van der Waals surface area contributed by atoms with E-state index in [-0.39, 0.29) is 17.7 Å². The molecule has 104 valence electrons. The molecule has 1 N–H and O–H groups in total. The van der Waals surface area contributed by atoms with Gasteiger partial charge in [0.05, 0.1) is 5.56 Å². The first-order chi connectivity index (χ1) is 8.74. The van der Waals surface area contributed by atoms with E-state index in [2.05, 4.69) is 0 Å². The SMILES string of the molecule is CCN(CC(F)(F)F)C(=O)c1ccc(C(=O)O)cc1. The van der Waals surface area contributed by atoms with Crippen molar-refractivity contribution in [2.24, 2.45) is 0 Å². The van der Waals surface area contributed by atoms with Crippen LogP contribution in [0.2, 0.25) is 0 Å². The van der Waals surface area contributed by atoms with Crippen molar-refractivity contribution in [1.29, 1.82) is 0 Å². The average molecular weight is 275 g/mol. The second-order valence-corrected chi connectivity index (χ2v) is 3.82. The minimum atomic E-state index is -4.47. The second-order valence-electron chi connectivity index (χ2n) is 3.82. The molecule has 4 nitrogen and oxygen atoms in total. The van der Waals surface area contributed by atoms with E-state index >= 15 is 0 Å². The van der Waals surface area contributed by atoms with Crippen molar-refractivity contribution >= 4 is 11.9 Å². The van der Waals surface area contributed by atoms with Crippen LogP contribution in [0.3, 0.4) is 0 Å². The third-order valence-electron chi connectivity index (χ3n) is 2.42. The second kappa shape index (κ2) is 5.73. The Bertz CT molecular complexity index is 468. The first-order valence-electron chi connectivity index (χ1n) is 5.44. The number of carboxylic acid groups (broad SMARTS) is 1. The van der Waals surface area contributed by atoms with Crippen LogP contribution in [0.1, 0.15) is 27.6 Å². The zero-order valence-electron chi connectivity index (χ0n) is 10.1. The number of halogens is 3. The van der Waals surface area contributed by atoms with E-state index in [1.807, 2.05) is 0 Å². The van der Waals surface area contributed by atoms with E-state index in [1.54, 1.807) is 0 Å². The standard InChI is InChI=1S/C12H12F3NO3/c1-2-16(7-12(13,14)15)10(17)8-3-5-9(6-4-8)11(18)19/h3-6H,2,7H2,1H3,(H,18,19).